The first-order chi connectivity index (χ1) is 8.56. The van der Waals surface area contributed by atoms with E-state index in [4.69, 9.17) is 10.2 Å². The number of rotatable bonds is 2. The predicted molar refractivity (Wildman–Crippen MR) is 76.6 cm³/mol. The van der Waals surface area contributed by atoms with Crippen molar-refractivity contribution in [1.29, 1.82) is 5.41 Å². The molecule has 1 saturated carbocycles. The van der Waals surface area contributed by atoms with Crippen LogP contribution in [-0.4, -0.2) is 17.5 Å². The molecule has 2 atom stereocenters. The largest absolute Gasteiger partial charge is 0.350 e. The third kappa shape index (κ3) is 4.32. The summed E-state index contributed by atoms with van der Waals surface area (Å²) < 4.78 is 0. The fraction of sp³-hybridized carbons (Fsp3) is 0.733. The Labute approximate surface area is 116 Å². The van der Waals surface area contributed by atoms with E-state index in [0.717, 1.165) is 25.3 Å². The maximum absolute atomic E-state index is 11.4. The minimum atomic E-state index is -0.0816. The van der Waals surface area contributed by atoms with Gasteiger partial charge in [0.2, 0.25) is 12.0 Å². The van der Waals surface area contributed by atoms with Crippen LogP contribution in [0.5, 0.6) is 0 Å². The summed E-state index contributed by atoms with van der Waals surface area (Å²) in [5.74, 6) is 0.0724. The van der Waals surface area contributed by atoms with E-state index in [1.807, 2.05) is 6.08 Å². The molecule has 0 radical (unpaired) electrons. The van der Waals surface area contributed by atoms with Crippen molar-refractivity contribution in [2.75, 3.05) is 0 Å². The molecule has 0 aliphatic heterocycles. The molecule has 0 aromatic heterocycles. The van der Waals surface area contributed by atoms with Crippen molar-refractivity contribution >= 4 is 12.0 Å². The zero-order valence-electron chi connectivity index (χ0n) is 12.7. The second-order valence-electron chi connectivity index (χ2n) is 6.65. The van der Waals surface area contributed by atoms with Crippen molar-refractivity contribution in [1.82, 2.24) is 5.32 Å². The van der Waals surface area contributed by atoms with Gasteiger partial charge in [-0.2, -0.15) is 0 Å². The summed E-state index contributed by atoms with van der Waals surface area (Å²) in [7, 11) is 0. The number of hydrogen-bond donors (Lipinski definition) is 2. The molecule has 1 amide bonds. The summed E-state index contributed by atoms with van der Waals surface area (Å²) >= 11 is 0. The van der Waals surface area contributed by atoms with Crippen LogP contribution in [0.1, 0.15) is 53.9 Å². The van der Waals surface area contributed by atoms with Gasteiger partial charge in [-0.25, -0.2) is 10.2 Å². The molecule has 4 heteroatoms. The van der Waals surface area contributed by atoms with Gasteiger partial charge >= 0.3 is 0 Å². The number of nitrogens with one attached hydrogen (secondary N) is 2. The molecule has 0 saturated heterocycles. The summed E-state index contributed by atoms with van der Waals surface area (Å²) in [6.07, 6.45) is 5.93. The smallest absolute Gasteiger partial charge is 0.231 e. The van der Waals surface area contributed by atoms with Crippen LogP contribution in [0.3, 0.4) is 0 Å². The first-order valence-corrected chi connectivity index (χ1v) is 6.52. The minimum Gasteiger partial charge on any atom is -0.350 e. The van der Waals surface area contributed by atoms with Gasteiger partial charge in [0.1, 0.15) is 0 Å². The molecule has 0 aromatic rings. The van der Waals surface area contributed by atoms with Crippen LogP contribution < -0.4 is 5.32 Å². The lowest BCUT2D eigenvalue weighted by molar-refractivity contribution is -0.122. The lowest BCUT2D eigenvalue weighted by Crippen LogP contribution is -2.55. The maximum Gasteiger partial charge on any atom is 0.231 e. The van der Waals surface area contributed by atoms with Crippen LogP contribution in [-0.2, 0) is 9.59 Å². The van der Waals surface area contributed by atoms with E-state index in [1.54, 1.807) is 6.92 Å². The second kappa shape index (κ2) is 6.16. The van der Waals surface area contributed by atoms with Gasteiger partial charge in [0, 0.05) is 12.5 Å². The standard InChI is InChI=1S/C14H25NO.CHNO/c1-7-13(6)8-9-14(10-13,12(3,4)5)15-11(2)16;2-1-3/h7H,1,8-10H2,2-6H3,(H,15,16);2H. The highest BCUT2D eigenvalue weighted by Gasteiger charge is 2.51. The first-order valence-electron chi connectivity index (χ1n) is 6.52. The topological polar surface area (TPSA) is 70.0 Å². The van der Waals surface area contributed by atoms with Crippen LogP contribution in [0, 0.1) is 16.2 Å². The number of carbonyl (C=O) groups is 1. The average Bonchev–Trinajstić information content (AvgIpc) is 2.58. The lowest BCUT2D eigenvalue weighted by atomic mass is 9.70. The van der Waals surface area contributed by atoms with Crippen LogP contribution in [0.25, 0.3) is 0 Å². The van der Waals surface area contributed by atoms with E-state index >= 15 is 0 Å². The van der Waals surface area contributed by atoms with Crippen molar-refractivity contribution in [2.24, 2.45) is 10.8 Å². The highest BCUT2D eigenvalue weighted by atomic mass is 16.1. The first kappa shape index (κ1) is 17.6. The molecule has 1 rings (SSSR count). The summed E-state index contributed by atoms with van der Waals surface area (Å²) in [4.78, 5) is 19.8. The van der Waals surface area contributed by atoms with Gasteiger partial charge in [-0.3, -0.25) is 4.79 Å². The van der Waals surface area contributed by atoms with Gasteiger partial charge in [-0.1, -0.05) is 33.8 Å². The van der Waals surface area contributed by atoms with E-state index in [0.29, 0.717) is 0 Å². The van der Waals surface area contributed by atoms with Crippen molar-refractivity contribution in [3.63, 3.8) is 0 Å². The van der Waals surface area contributed by atoms with E-state index in [9.17, 15) is 4.79 Å². The van der Waals surface area contributed by atoms with E-state index in [2.05, 4.69) is 39.6 Å². The summed E-state index contributed by atoms with van der Waals surface area (Å²) in [6.45, 7) is 14.4. The highest BCUT2D eigenvalue weighted by Crippen LogP contribution is 2.52. The maximum atomic E-state index is 11.4. The number of hydrogen-bond acceptors (Lipinski definition) is 3. The predicted octanol–water partition coefficient (Wildman–Crippen LogP) is 3.18. The Morgan fingerprint density at radius 2 is 1.89 bits per heavy atom. The molecule has 1 aliphatic carbocycles. The zero-order valence-corrected chi connectivity index (χ0v) is 12.7. The SMILES string of the molecule is C=CC1(C)CCC(NC(C)=O)(C(C)(C)C)C1.N=C=O. The Balaban J connectivity index is 0.000000982. The van der Waals surface area contributed by atoms with Gasteiger partial charge < -0.3 is 5.32 Å². The number of carbonyl (C=O) groups excluding carboxylic acids is 2. The summed E-state index contributed by atoms with van der Waals surface area (Å²) in [6, 6.07) is 0. The van der Waals surface area contributed by atoms with E-state index in [-0.39, 0.29) is 22.3 Å². The van der Waals surface area contributed by atoms with Crippen LogP contribution >= 0.6 is 0 Å². The van der Waals surface area contributed by atoms with Crippen molar-refractivity contribution in [2.45, 2.75) is 59.4 Å². The monoisotopic (exact) mass is 266 g/mol. The summed E-state index contributed by atoms with van der Waals surface area (Å²) in [5.41, 5.74) is 0.164. The molecule has 2 unspecified atom stereocenters. The third-order valence-corrected chi connectivity index (χ3v) is 4.17. The second-order valence-corrected chi connectivity index (χ2v) is 6.65. The van der Waals surface area contributed by atoms with Gasteiger partial charge in [-0.05, 0) is 30.1 Å². The molecule has 1 aliphatic rings. The Hall–Kier alpha value is -1.41. The Kier molecular flexibility index (Phi) is 5.70. The van der Waals surface area contributed by atoms with Gasteiger partial charge in [0.05, 0.1) is 0 Å². The van der Waals surface area contributed by atoms with E-state index < -0.39 is 0 Å². The lowest BCUT2D eigenvalue weighted by Gasteiger charge is -2.43. The molecule has 0 aromatic carbocycles. The van der Waals surface area contributed by atoms with Crippen LogP contribution in [0.2, 0.25) is 0 Å². The number of allylic oxidation sites excluding steroid dienone is 1. The molecule has 0 spiro atoms. The number of amides is 1. The minimum absolute atomic E-state index is 0.0724. The fourth-order valence-electron chi connectivity index (χ4n) is 2.81. The Morgan fingerprint density at radius 3 is 2.16 bits per heavy atom. The average molecular weight is 266 g/mol. The zero-order chi connectivity index (χ0) is 15.3. The molecule has 4 nitrogen and oxygen atoms in total. The molecule has 19 heavy (non-hydrogen) atoms. The molecule has 108 valence electrons. The molecule has 0 heterocycles. The van der Waals surface area contributed by atoms with Crippen molar-refractivity contribution in [3.05, 3.63) is 12.7 Å². The molecular formula is C15H26N2O2. The van der Waals surface area contributed by atoms with Crippen molar-refractivity contribution < 1.29 is 9.59 Å². The highest BCUT2D eigenvalue weighted by molar-refractivity contribution is 5.74. The number of isocyanates is 1. The van der Waals surface area contributed by atoms with E-state index in [1.165, 1.54) is 0 Å². The van der Waals surface area contributed by atoms with Gasteiger partial charge in [0.15, 0.2) is 0 Å². The molecule has 2 N–H and O–H groups in total. The normalized spacial score (nSPS) is 29.7. The summed E-state index contributed by atoms with van der Waals surface area (Å²) in [5, 5.41) is 8.60. The van der Waals surface area contributed by atoms with Gasteiger partial charge in [-0.15, -0.1) is 6.58 Å². The molecule has 0 bridgehead atoms. The molecule has 1 fully saturated rings. The Bertz CT molecular complexity index is 378. The Morgan fingerprint density at radius 1 is 1.42 bits per heavy atom. The quantitative estimate of drug-likeness (QED) is 0.458. The van der Waals surface area contributed by atoms with Crippen LogP contribution in [0.15, 0.2) is 12.7 Å². The molecular weight excluding hydrogens is 240 g/mol. The fourth-order valence-corrected chi connectivity index (χ4v) is 2.81. The van der Waals surface area contributed by atoms with Crippen LogP contribution in [0.4, 0.5) is 0 Å². The van der Waals surface area contributed by atoms with Crippen molar-refractivity contribution in [3.8, 4) is 0 Å². The van der Waals surface area contributed by atoms with Gasteiger partial charge in [0.25, 0.3) is 0 Å². The third-order valence-electron chi connectivity index (χ3n) is 4.17.